The molecular formula is C42H52Br2O2. The number of hydrogen-bond acceptors (Lipinski definition) is 2. The largest absolute Gasteiger partial charge is 0.494 e. The van der Waals surface area contributed by atoms with E-state index in [2.05, 4.69) is 121 Å². The summed E-state index contributed by atoms with van der Waals surface area (Å²) in [5.41, 5.74) is 8.45. The Kier molecular flexibility index (Phi) is 16.9. The average molecular weight is 749 g/mol. The van der Waals surface area contributed by atoms with Gasteiger partial charge in [-0.3, -0.25) is 0 Å². The number of rotatable bonds is 16. The first kappa shape index (κ1) is 37.8. The van der Waals surface area contributed by atoms with E-state index in [1.165, 1.54) is 64.2 Å². The van der Waals surface area contributed by atoms with Gasteiger partial charge in [-0.25, -0.2) is 0 Å². The molecule has 246 valence electrons. The molecule has 0 aliphatic heterocycles. The SMILES string of the molecule is CCCCCCCCOc1cc(C)c(C#Cc2cc(Br)c(C#Cc3c(C)cc(OCCCCCCCC)cc3C)cc2Br)c(C)c1. The molecule has 0 atom stereocenters. The van der Waals surface area contributed by atoms with Crippen LogP contribution >= 0.6 is 31.9 Å². The monoisotopic (exact) mass is 746 g/mol. The maximum atomic E-state index is 6.07. The van der Waals surface area contributed by atoms with E-state index in [0.29, 0.717) is 0 Å². The van der Waals surface area contributed by atoms with Gasteiger partial charge in [-0.15, -0.1) is 0 Å². The molecule has 3 aromatic carbocycles. The second-order valence-corrected chi connectivity index (χ2v) is 14.1. The molecule has 0 aliphatic carbocycles. The number of benzene rings is 3. The molecule has 0 aliphatic rings. The molecule has 0 N–H and O–H groups in total. The molecule has 0 amide bonds. The summed E-state index contributed by atoms with van der Waals surface area (Å²) in [7, 11) is 0. The van der Waals surface area contributed by atoms with E-state index in [1.807, 2.05) is 12.1 Å². The van der Waals surface area contributed by atoms with Crippen LogP contribution in [0.2, 0.25) is 0 Å². The lowest BCUT2D eigenvalue weighted by Crippen LogP contribution is -1.99. The standard InChI is InChI=1S/C42H52Br2O2/c1-7-9-11-13-15-17-23-45-37-25-31(3)39(32(4)26-37)21-19-35-29-42(44)36(30-41(35)43)20-22-40-33(5)27-38(28-34(40)6)46-24-18-16-14-12-10-8-2/h25-30H,7-18,23-24H2,1-6H3. The second kappa shape index (κ2) is 20.5. The molecule has 0 bridgehead atoms. The van der Waals surface area contributed by atoms with Crippen LogP contribution in [0.25, 0.3) is 0 Å². The van der Waals surface area contributed by atoms with Gasteiger partial charge >= 0.3 is 0 Å². The molecule has 4 heteroatoms. The Morgan fingerprint density at radius 1 is 0.457 bits per heavy atom. The number of aryl methyl sites for hydroxylation is 4. The van der Waals surface area contributed by atoms with Crippen LogP contribution in [0.1, 0.15) is 135 Å². The minimum atomic E-state index is 0.768. The van der Waals surface area contributed by atoms with Crippen molar-refractivity contribution in [2.24, 2.45) is 0 Å². The highest BCUT2D eigenvalue weighted by Gasteiger charge is 2.08. The lowest BCUT2D eigenvalue weighted by molar-refractivity contribution is 0.304. The third kappa shape index (κ3) is 12.5. The van der Waals surface area contributed by atoms with E-state index in [1.54, 1.807) is 0 Å². The molecular weight excluding hydrogens is 696 g/mol. The van der Waals surface area contributed by atoms with Gasteiger partial charge in [0.15, 0.2) is 0 Å². The average Bonchev–Trinajstić information content (AvgIpc) is 3.01. The third-order valence-electron chi connectivity index (χ3n) is 8.25. The molecule has 0 radical (unpaired) electrons. The van der Waals surface area contributed by atoms with Crippen molar-refractivity contribution in [3.05, 3.63) is 89.9 Å². The molecule has 0 saturated carbocycles. The number of halogens is 2. The Bertz CT molecular complexity index is 1380. The maximum Gasteiger partial charge on any atom is 0.119 e. The lowest BCUT2D eigenvalue weighted by Gasteiger charge is -2.11. The summed E-state index contributed by atoms with van der Waals surface area (Å²) >= 11 is 7.49. The molecule has 0 aromatic heterocycles. The third-order valence-corrected chi connectivity index (χ3v) is 9.56. The topological polar surface area (TPSA) is 18.5 Å². The maximum absolute atomic E-state index is 6.07. The smallest absolute Gasteiger partial charge is 0.119 e. The molecule has 0 spiro atoms. The van der Waals surface area contributed by atoms with Crippen molar-refractivity contribution in [3.63, 3.8) is 0 Å². The van der Waals surface area contributed by atoms with Gasteiger partial charge in [-0.1, -0.05) is 102 Å². The van der Waals surface area contributed by atoms with Crippen molar-refractivity contribution in [1.29, 1.82) is 0 Å². The first-order valence-corrected chi connectivity index (χ1v) is 18.8. The Morgan fingerprint density at radius 3 is 1.13 bits per heavy atom. The van der Waals surface area contributed by atoms with E-state index >= 15 is 0 Å². The Balaban J connectivity index is 1.64. The quantitative estimate of drug-likeness (QED) is 0.107. The Hall–Kier alpha value is -2.66. The molecule has 0 fully saturated rings. The summed E-state index contributed by atoms with van der Waals surface area (Å²) in [6.07, 6.45) is 15.1. The fourth-order valence-electron chi connectivity index (χ4n) is 5.55. The summed E-state index contributed by atoms with van der Waals surface area (Å²) in [6.45, 7) is 14.5. The van der Waals surface area contributed by atoms with Crippen LogP contribution in [-0.2, 0) is 0 Å². The van der Waals surface area contributed by atoms with Gasteiger partial charge in [0.2, 0.25) is 0 Å². The summed E-state index contributed by atoms with van der Waals surface area (Å²) in [4.78, 5) is 0. The molecule has 2 nitrogen and oxygen atoms in total. The van der Waals surface area contributed by atoms with E-state index in [0.717, 1.165) is 91.0 Å². The first-order valence-electron chi connectivity index (χ1n) is 17.2. The molecule has 3 rings (SSSR count). The van der Waals surface area contributed by atoms with Crippen LogP contribution in [0, 0.1) is 51.4 Å². The van der Waals surface area contributed by atoms with Crippen LogP contribution in [0.5, 0.6) is 11.5 Å². The zero-order valence-electron chi connectivity index (χ0n) is 28.9. The minimum absolute atomic E-state index is 0.768. The highest BCUT2D eigenvalue weighted by atomic mass is 79.9. The first-order chi connectivity index (χ1) is 22.2. The van der Waals surface area contributed by atoms with Crippen LogP contribution in [-0.4, -0.2) is 13.2 Å². The van der Waals surface area contributed by atoms with E-state index in [-0.39, 0.29) is 0 Å². The fourth-order valence-corrected chi connectivity index (χ4v) is 6.44. The molecule has 0 saturated heterocycles. The van der Waals surface area contributed by atoms with Gasteiger partial charge in [0, 0.05) is 31.2 Å². The predicted octanol–water partition coefficient (Wildman–Crippen LogP) is 12.7. The highest BCUT2D eigenvalue weighted by Crippen LogP contribution is 2.27. The van der Waals surface area contributed by atoms with E-state index in [4.69, 9.17) is 9.47 Å². The van der Waals surface area contributed by atoms with Gasteiger partial charge in [0.1, 0.15) is 11.5 Å². The summed E-state index contributed by atoms with van der Waals surface area (Å²) < 4.78 is 14.0. The van der Waals surface area contributed by atoms with Crippen molar-refractivity contribution >= 4 is 31.9 Å². The van der Waals surface area contributed by atoms with Gasteiger partial charge in [-0.05, 0) is 131 Å². The number of hydrogen-bond donors (Lipinski definition) is 0. The summed E-state index contributed by atoms with van der Waals surface area (Å²) in [5.74, 6) is 15.4. The summed E-state index contributed by atoms with van der Waals surface area (Å²) in [6, 6.07) is 12.5. The lowest BCUT2D eigenvalue weighted by atomic mass is 10.0. The number of unbranched alkanes of at least 4 members (excludes halogenated alkanes) is 10. The minimum Gasteiger partial charge on any atom is -0.494 e. The molecule has 46 heavy (non-hydrogen) atoms. The van der Waals surface area contributed by atoms with Crippen molar-refractivity contribution in [2.45, 2.75) is 119 Å². The van der Waals surface area contributed by atoms with Crippen molar-refractivity contribution < 1.29 is 9.47 Å². The van der Waals surface area contributed by atoms with Gasteiger partial charge in [0.25, 0.3) is 0 Å². The second-order valence-electron chi connectivity index (χ2n) is 12.4. The van der Waals surface area contributed by atoms with Crippen molar-refractivity contribution in [3.8, 4) is 35.2 Å². The van der Waals surface area contributed by atoms with Gasteiger partial charge < -0.3 is 9.47 Å². The van der Waals surface area contributed by atoms with Gasteiger partial charge in [0.05, 0.1) is 13.2 Å². The van der Waals surface area contributed by atoms with Crippen molar-refractivity contribution in [1.82, 2.24) is 0 Å². The van der Waals surface area contributed by atoms with E-state index < -0.39 is 0 Å². The van der Waals surface area contributed by atoms with Crippen molar-refractivity contribution in [2.75, 3.05) is 13.2 Å². The zero-order valence-corrected chi connectivity index (χ0v) is 32.1. The predicted molar refractivity (Wildman–Crippen MR) is 203 cm³/mol. The van der Waals surface area contributed by atoms with Crippen LogP contribution in [0.15, 0.2) is 45.3 Å². The fraction of sp³-hybridized carbons (Fsp3) is 0.476. The molecule has 0 heterocycles. The summed E-state index contributed by atoms with van der Waals surface area (Å²) in [5, 5.41) is 0. The zero-order chi connectivity index (χ0) is 33.3. The van der Waals surface area contributed by atoms with Crippen LogP contribution in [0.4, 0.5) is 0 Å². The van der Waals surface area contributed by atoms with Crippen LogP contribution < -0.4 is 9.47 Å². The van der Waals surface area contributed by atoms with Gasteiger partial charge in [-0.2, -0.15) is 0 Å². The van der Waals surface area contributed by atoms with Crippen LogP contribution in [0.3, 0.4) is 0 Å². The molecule has 0 unspecified atom stereocenters. The Labute approximate surface area is 296 Å². The molecule has 3 aromatic rings. The highest BCUT2D eigenvalue weighted by molar-refractivity contribution is 9.11. The Morgan fingerprint density at radius 2 is 0.783 bits per heavy atom. The van der Waals surface area contributed by atoms with E-state index in [9.17, 15) is 0 Å². The number of ether oxygens (including phenoxy) is 2. The normalized spacial score (nSPS) is 10.6.